The van der Waals surface area contributed by atoms with E-state index >= 15 is 0 Å². The molecule has 1 heterocycles. The first-order chi connectivity index (χ1) is 6.84. The second kappa shape index (κ2) is 2.99. The maximum absolute atomic E-state index is 6.17. The summed E-state index contributed by atoms with van der Waals surface area (Å²) >= 11 is 0. The standard InChI is InChI=1S/C12H16N2/c13-12(8-1-2-8)10-3-4-11-9(7-10)5-6-14-11/h3-4,7-8,12,14H,1-2,5-6,13H2/t12-/m1/s1. The average Bonchev–Trinajstić information content (AvgIpc) is 2.95. The number of hydrogen-bond donors (Lipinski definition) is 2. The van der Waals surface area contributed by atoms with E-state index in [0.717, 1.165) is 18.9 Å². The van der Waals surface area contributed by atoms with Crippen molar-refractivity contribution in [3.05, 3.63) is 29.3 Å². The van der Waals surface area contributed by atoms with Gasteiger partial charge < -0.3 is 11.1 Å². The lowest BCUT2D eigenvalue weighted by Gasteiger charge is -2.11. The second-order valence-electron chi connectivity index (χ2n) is 4.46. The van der Waals surface area contributed by atoms with Crippen LogP contribution in [0, 0.1) is 5.92 Å². The minimum atomic E-state index is 0.279. The normalized spacial score (nSPS) is 21.5. The minimum Gasteiger partial charge on any atom is -0.384 e. The van der Waals surface area contributed by atoms with Gasteiger partial charge in [0.2, 0.25) is 0 Å². The molecule has 1 aromatic carbocycles. The summed E-state index contributed by atoms with van der Waals surface area (Å²) in [4.78, 5) is 0. The largest absolute Gasteiger partial charge is 0.384 e. The van der Waals surface area contributed by atoms with E-state index in [2.05, 4.69) is 23.5 Å². The van der Waals surface area contributed by atoms with Crippen LogP contribution in [0.4, 0.5) is 5.69 Å². The van der Waals surface area contributed by atoms with Crippen molar-refractivity contribution in [2.45, 2.75) is 25.3 Å². The molecular weight excluding hydrogens is 172 g/mol. The third-order valence-electron chi connectivity index (χ3n) is 3.35. The summed E-state index contributed by atoms with van der Waals surface area (Å²) in [5, 5.41) is 3.37. The third-order valence-corrected chi connectivity index (χ3v) is 3.35. The molecule has 1 fully saturated rings. The molecule has 3 rings (SSSR count). The van der Waals surface area contributed by atoms with Crippen molar-refractivity contribution in [2.75, 3.05) is 11.9 Å². The SMILES string of the molecule is N[C@@H](c1ccc2c(c1)CCN2)C1CC1. The third kappa shape index (κ3) is 1.30. The molecule has 0 aromatic heterocycles. The predicted molar refractivity (Wildman–Crippen MR) is 58.3 cm³/mol. The summed E-state index contributed by atoms with van der Waals surface area (Å²) in [6.07, 6.45) is 3.79. The highest BCUT2D eigenvalue weighted by Crippen LogP contribution is 2.40. The number of anilines is 1. The highest BCUT2D eigenvalue weighted by molar-refractivity contribution is 5.56. The number of benzene rings is 1. The fraction of sp³-hybridized carbons (Fsp3) is 0.500. The molecule has 1 saturated carbocycles. The molecule has 0 unspecified atom stereocenters. The lowest BCUT2D eigenvalue weighted by molar-refractivity contribution is 0.633. The fourth-order valence-corrected chi connectivity index (χ4v) is 2.26. The van der Waals surface area contributed by atoms with Gasteiger partial charge in [-0.15, -0.1) is 0 Å². The number of nitrogens with two attached hydrogens (primary N) is 1. The van der Waals surface area contributed by atoms with Gasteiger partial charge in [0.25, 0.3) is 0 Å². The summed E-state index contributed by atoms with van der Waals surface area (Å²) in [6.45, 7) is 1.08. The van der Waals surface area contributed by atoms with Crippen molar-refractivity contribution in [2.24, 2.45) is 11.7 Å². The van der Waals surface area contributed by atoms with E-state index in [0.29, 0.717) is 0 Å². The van der Waals surface area contributed by atoms with Crippen LogP contribution in [-0.4, -0.2) is 6.54 Å². The van der Waals surface area contributed by atoms with Crippen LogP contribution in [-0.2, 0) is 6.42 Å². The quantitative estimate of drug-likeness (QED) is 0.745. The van der Waals surface area contributed by atoms with E-state index in [1.807, 2.05) is 0 Å². The van der Waals surface area contributed by atoms with Gasteiger partial charge in [-0.2, -0.15) is 0 Å². The molecule has 0 bridgehead atoms. The van der Waals surface area contributed by atoms with E-state index in [1.54, 1.807) is 0 Å². The zero-order chi connectivity index (χ0) is 9.54. The summed E-state index contributed by atoms with van der Waals surface area (Å²) < 4.78 is 0. The lowest BCUT2D eigenvalue weighted by Crippen LogP contribution is -2.12. The first-order valence-electron chi connectivity index (χ1n) is 5.47. The molecule has 74 valence electrons. The van der Waals surface area contributed by atoms with Crippen LogP contribution in [0.25, 0.3) is 0 Å². The number of fused-ring (bicyclic) bond motifs is 1. The Bertz CT molecular complexity index is 355. The highest BCUT2D eigenvalue weighted by Gasteiger charge is 2.29. The zero-order valence-electron chi connectivity index (χ0n) is 8.29. The van der Waals surface area contributed by atoms with E-state index < -0.39 is 0 Å². The topological polar surface area (TPSA) is 38.0 Å². The van der Waals surface area contributed by atoms with Crippen LogP contribution in [0.5, 0.6) is 0 Å². The summed E-state index contributed by atoms with van der Waals surface area (Å²) in [5.41, 5.74) is 10.2. The first kappa shape index (κ1) is 8.30. The van der Waals surface area contributed by atoms with E-state index in [1.165, 1.54) is 29.7 Å². The molecule has 2 nitrogen and oxygen atoms in total. The summed E-state index contributed by atoms with van der Waals surface area (Å²) in [7, 11) is 0. The number of rotatable bonds is 2. The van der Waals surface area contributed by atoms with Crippen molar-refractivity contribution in [3.63, 3.8) is 0 Å². The predicted octanol–water partition coefficient (Wildman–Crippen LogP) is 2.06. The molecule has 0 amide bonds. The summed E-state index contributed by atoms with van der Waals surface area (Å²) in [5.74, 6) is 0.752. The van der Waals surface area contributed by atoms with Gasteiger partial charge in [-0.25, -0.2) is 0 Å². The summed E-state index contributed by atoms with van der Waals surface area (Å²) in [6, 6.07) is 6.93. The molecule has 0 saturated heterocycles. The van der Waals surface area contributed by atoms with Gasteiger partial charge in [0.1, 0.15) is 0 Å². The van der Waals surface area contributed by atoms with E-state index in [-0.39, 0.29) is 6.04 Å². The fourth-order valence-electron chi connectivity index (χ4n) is 2.26. The molecule has 1 aromatic rings. The van der Waals surface area contributed by atoms with Gasteiger partial charge in [0.15, 0.2) is 0 Å². The Morgan fingerprint density at radius 3 is 3.00 bits per heavy atom. The van der Waals surface area contributed by atoms with Crippen LogP contribution in [0.15, 0.2) is 18.2 Å². The molecule has 1 aliphatic carbocycles. The Morgan fingerprint density at radius 2 is 2.21 bits per heavy atom. The van der Waals surface area contributed by atoms with Gasteiger partial charge in [0.05, 0.1) is 0 Å². The van der Waals surface area contributed by atoms with Crippen LogP contribution in [0.3, 0.4) is 0 Å². The Balaban J connectivity index is 1.91. The Labute approximate surface area is 84.5 Å². The van der Waals surface area contributed by atoms with Gasteiger partial charge >= 0.3 is 0 Å². The van der Waals surface area contributed by atoms with Gasteiger partial charge in [-0.05, 0) is 42.4 Å². The van der Waals surface area contributed by atoms with Crippen LogP contribution >= 0.6 is 0 Å². The van der Waals surface area contributed by atoms with Gasteiger partial charge in [0, 0.05) is 18.3 Å². The van der Waals surface area contributed by atoms with E-state index in [9.17, 15) is 0 Å². The molecule has 2 aliphatic rings. The average molecular weight is 188 g/mol. The maximum Gasteiger partial charge on any atom is 0.0373 e. The highest BCUT2D eigenvalue weighted by atomic mass is 14.9. The molecular formula is C12H16N2. The lowest BCUT2D eigenvalue weighted by atomic mass is 10.00. The molecule has 14 heavy (non-hydrogen) atoms. The van der Waals surface area contributed by atoms with Crippen molar-refractivity contribution in [1.29, 1.82) is 0 Å². The molecule has 0 radical (unpaired) electrons. The van der Waals surface area contributed by atoms with Crippen molar-refractivity contribution in [3.8, 4) is 0 Å². The Morgan fingerprint density at radius 1 is 1.36 bits per heavy atom. The van der Waals surface area contributed by atoms with Gasteiger partial charge in [-0.3, -0.25) is 0 Å². The van der Waals surface area contributed by atoms with Crippen LogP contribution in [0.2, 0.25) is 0 Å². The Hall–Kier alpha value is -1.02. The van der Waals surface area contributed by atoms with E-state index in [4.69, 9.17) is 5.73 Å². The molecule has 1 atom stereocenters. The van der Waals surface area contributed by atoms with Gasteiger partial charge in [-0.1, -0.05) is 12.1 Å². The Kier molecular flexibility index (Phi) is 1.77. The van der Waals surface area contributed by atoms with Crippen LogP contribution in [0.1, 0.15) is 30.0 Å². The van der Waals surface area contributed by atoms with Crippen molar-refractivity contribution < 1.29 is 0 Å². The molecule has 1 aliphatic heterocycles. The molecule has 3 N–H and O–H groups in total. The van der Waals surface area contributed by atoms with Crippen LogP contribution < -0.4 is 11.1 Å². The molecule has 2 heteroatoms. The second-order valence-corrected chi connectivity index (χ2v) is 4.46. The molecule has 0 spiro atoms. The minimum absolute atomic E-state index is 0.279. The number of hydrogen-bond acceptors (Lipinski definition) is 2. The monoisotopic (exact) mass is 188 g/mol. The first-order valence-corrected chi connectivity index (χ1v) is 5.47. The smallest absolute Gasteiger partial charge is 0.0373 e. The maximum atomic E-state index is 6.17. The zero-order valence-corrected chi connectivity index (χ0v) is 8.29. The van der Waals surface area contributed by atoms with Crippen molar-refractivity contribution >= 4 is 5.69 Å². The van der Waals surface area contributed by atoms with Crippen molar-refractivity contribution in [1.82, 2.24) is 0 Å². The number of nitrogens with one attached hydrogen (secondary N) is 1.